The first-order chi connectivity index (χ1) is 29.7. The molecule has 0 saturated carbocycles. The van der Waals surface area contributed by atoms with Crippen molar-refractivity contribution in [2.75, 3.05) is 4.90 Å². The van der Waals surface area contributed by atoms with Crippen LogP contribution in [0.5, 0.6) is 11.5 Å². The molecule has 0 bridgehead atoms. The number of fused-ring (bicyclic) bond motifs is 7. The molecule has 1 aliphatic rings. The Morgan fingerprint density at radius 1 is 0.283 bits per heavy atom. The summed E-state index contributed by atoms with van der Waals surface area (Å²) in [5.41, 5.74) is 17.1. The van der Waals surface area contributed by atoms with Gasteiger partial charge in [0.05, 0.1) is 5.69 Å². The minimum atomic E-state index is 0.845. The van der Waals surface area contributed by atoms with Crippen LogP contribution in [0.3, 0.4) is 0 Å². The Morgan fingerprint density at radius 2 is 0.767 bits per heavy atom. The third-order valence-electron chi connectivity index (χ3n) is 11.7. The Labute approximate surface area is 350 Å². The van der Waals surface area contributed by atoms with Crippen molar-refractivity contribution in [3.8, 4) is 78.3 Å². The Balaban J connectivity index is 1.01. The van der Waals surface area contributed by atoms with E-state index >= 15 is 0 Å². The molecule has 10 aromatic carbocycles. The lowest BCUT2D eigenvalue weighted by molar-refractivity contribution is 0.493. The normalized spacial score (nSPS) is 11.5. The van der Waals surface area contributed by atoms with Gasteiger partial charge in [0.15, 0.2) is 0 Å². The predicted octanol–water partition coefficient (Wildman–Crippen LogP) is 16.4. The first-order valence-electron chi connectivity index (χ1n) is 20.5. The fraction of sp³-hybridized carbons (Fsp3) is 0. The number of anilines is 3. The van der Waals surface area contributed by atoms with Crippen LogP contribution in [0.15, 0.2) is 237 Å². The van der Waals surface area contributed by atoms with E-state index in [4.69, 9.17) is 4.74 Å². The number of hydrogen-bond acceptors (Lipinski definition) is 2. The van der Waals surface area contributed by atoms with Crippen LogP contribution < -0.4 is 9.64 Å². The van der Waals surface area contributed by atoms with Gasteiger partial charge in [0.2, 0.25) is 0 Å². The molecule has 2 heteroatoms. The molecule has 1 aliphatic heterocycles. The summed E-state index contributed by atoms with van der Waals surface area (Å²) in [6.07, 6.45) is 0. The van der Waals surface area contributed by atoms with Crippen LogP contribution in [0.4, 0.5) is 17.1 Å². The van der Waals surface area contributed by atoms with Crippen LogP contribution in [0.1, 0.15) is 0 Å². The molecule has 0 spiro atoms. The Kier molecular flexibility index (Phi) is 8.87. The largest absolute Gasteiger partial charge is 0.455 e. The van der Waals surface area contributed by atoms with Gasteiger partial charge in [0, 0.05) is 33.5 Å². The molecule has 0 N–H and O–H groups in total. The van der Waals surface area contributed by atoms with Crippen molar-refractivity contribution in [3.05, 3.63) is 237 Å². The average Bonchev–Trinajstić information content (AvgIpc) is 3.47. The van der Waals surface area contributed by atoms with E-state index in [1.165, 1.54) is 38.9 Å². The molecule has 0 saturated heterocycles. The maximum atomic E-state index is 7.07. The van der Waals surface area contributed by atoms with E-state index in [2.05, 4.69) is 241 Å². The van der Waals surface area contributed by atoms with Crippen LogP contribution in [0, 0.1) is 0 Å². The van der Waals surface area contributed by atoms with Gasteiger partial charge < -0.3 is 9.64 Å². The maximum Gasteiger partial charge on any atom is 0.143 e. The minimum absolute atomic E-state index is 0.845. The number of rotatable bonds is 7. The van der Waals surface area contributed by atoms with Crippen molar-refractivity contribution in [1.82, 2.24) is 0 Å². The van der Waals surface area contributed by atoms with Gasteiger partial charge in [-0.25, -0.2) is 0 Å². The first-order valence-corrected chi connectivity index (χ1v) is 20.5. The van der Waals surface area contributed by atoms with E-state index in [0.717, 1.165) is 67.2 Å². The highest BCUT2D eigenvalue weighted by molar-refractivity contribution is 6.01. The first kappa shape index (κ1) is 35.2. The molecular formula is C58H39NO. The molecule has 0 unspecified atom stereocenters. The fourth-order valence-corrected chi connectivity index (χ4v) is 8.69. The summed E-state index contributed by atoms with van der Waals surface area (Å²) in [6.45, 7) is 0. The highest BCUT2D eigenvalue weighted by Crippen LogP contribution is 2.51. The van der Waals surface area contributed by atoms with Gasteiger partial charge in [-0.3, -0.25) is 0 Å². The van der Waals surface area contributed by atoms with Crippen molar-refractivity contribution in [1.29, 1.82) is 0 Å². The topological polar surface area (TPSA) is 12.5 Å². The van der Waals surface area contributed by atoms with Crippen LogP contribution in [-0.4, -0.2) is 0 Å². The highest BCUT2D eigenvalue weighted by Gasteiger charge is 2.24. The van der Waals surface area contributed by atoms with E-state index in [1.54, 1.807) is 0 Å². The molecule has 0 fully saturated rings. The summed E-state index contributed by atoms with van der Waals surface area (Å²) < 4.78 is 7.07. The van der Waals surface area contributed by atoms with Gasteiger partial charge in [-0.05, 0) is 110 Å². The van der Waals surface area contributed by atoms with Gasteiger partial charge >= 0.3 is 0 Å². The lowest BCUT2D eigenvalue weighted by Crippen LogP contribution is -2.11. The molecule has 0 atom stereocenters. The molecule has 1 heterocycles. The minimum Gasteiger partial charge on any atom is -0.455 e. The molecule has 11 rings (SSSR count). The van der Waals surface area contributed by atoms with E-state index in [-0.39, 0.29) is 0 Å². The van der Waals surface area contributed by atoms with E-state index in [0.29, 0.717) is 0 Å². The van der Waals surface area contributed by atoms with Gasteiger partial charge in [0.25, 0.3) is 0 Å². The summed E-state index contributed by atoms with van der Waals surface area (Å²) in [4.78, 5) is 2.36. The van der Waals surface area contributed by atoms with Crippen molar-refractivity contribution >= 4 is 27.8 Å². The van der Waals surface area contributed by atoms with Crippen LogP contribution in [0.2, 0.25) is 0 Å². The van der Waals surface area contributed by atoms with E-state index in [9.17, 15) is 0 Å². The van der Waals surface area contributed by atoms with Crippen LogP contribution in [0.25, 0.3) is 77.5 Å². The highest BCUT2D eigenvalue weighted by atomic mass is 16.5. The zero-order valence-corrected chi connectivity index (χ0v) is 32.9. The summed E-state index contributed by atoms with van der Waals surface area (Å²) in [5.74, 6) is 1.73. The van der Waals surface area contributed by atoms with Crippen LogP contribution >= 0.6 is 0 Å². The molecule has 0 radical (unpaired) electrons. The van der Waals surface area contributed by atoms with Crippen molar-refractivity contribution < 1.29 is 4.74 Å². The second-order valence-corrected chi connectivity index (χ2v) is 15.3. The van der Waals surface area contributed by atoms with Crippen molar-refractivity contribution in [3.63, 3.8) is 0 Å². The van der Waals surface area contributed by atoms with E-state index < -0.39 is 0 Å². The second kappa shape index (κ2) is 15.1. The summed E-state index contributed by atoms with van der Waals surface area (Å²) in [6, 6.07) is 84.7. The zero-order chi connectivity index (χ0) is 39.8. The fourth-order valence-electron chi connectivity index (χ4n) is 8.69. The molecule has 60 heavy (non-hydrogen) atoms. The second-order valence-electron chi connectivity index (χ2n) is 15.3. The average molecular weight is 766 g/mol. The van der Waals surface area contributed by atoms with Crippen LogP contribution in [-0.2, 0) is 0 Å². The number of benzene rings is 10. The quantitative estimate of drug-likeness (QED) is 0.160. The van der Waals surface area contributed by atoms with E-state index in [1.807, 2.05) is 0 Å². The standard InChI is InChI=1S/C58H39NO/c1-4-14-40(15-5-1)42-24-31-48(32-25-42)59(56-23-13-12-21-50(56)44-18-8-3-9-19-44)49-33-26-43(27-34-49)47-30-36-53-52-35-29-46(41-16-6-2-7-17-41)38-55(52)54-37-28-45-20-10-11-22-51(45)58(54)60-57(53)39-47/h1-39H. The lowest BCUT2D eigenvalue weighted by Gasteiger charge is -2.28. The number of nitrogens with zero attached hydrogens (tertiary/aromatic N) is 1. The van der Waals surface area contributed by atoms with Gasteiger partial charge in [0.1, 0.15) is 11.5 Å². The number of hydrogen-bond donors (Lipinski definition) is 0. The maximum absolute atomic E-state index is 7.07. The Bertz CT molecular complexity index is 3140. The summed E-state index contributed by atoms with van der Waals surface area (Å²) in [5, 5.41) is 2.25. The Morgan fingerprint density at radius 3 is 1.45 bits per heavy atom. The van der Waals surface area contributed by atoms with Crippen molar-refractivity contribution in [2.24, 2.45) is 0 Å². The van der Waals surface area contributed by atoms with Gasteiger partial charge in [-0.15, -0.1) is 0 Å². The molecule has 0 amide bonds. The molecule has 0 aliphatic carbocycles. The molecular weight excluding hydrogens is 727 g/mol. The predicted molar refractivity (Wildman–Crippen MR) is 251 cm³/mol. The van der Waals surface area contributed by atoms with Gasteiger partial charge in [-0.1, -0.05) is 182 Å². The third-order valence-corrected chi connectivity index (χ3v) is 11.7. The van der Waals surface area contributed by atoms with Gasteiger partial charge in [-0.2, -0.15) is 0 Å². The zero-order valence-electron chi connectivity index (χ0n) is 32.9. The summed E-state index contributed by atoms with van der Waals surface area (Å²) >= 11 is 0. The summed E-state index contributed by atoms with van der Waals surface area (Å²) in [7, 11) is 0. The molecule has 282 valence electrons. The molecule has 0 aromatic heterocycles. The lowest BCUT2D eigenvalue weighted by atomic mass is 9.89. The smallest absolute Gasteiger partial charge is 0.143 e. The number of para-hydroxylation sites is 1. The SMILES string of the molecule is c1ccc(-c2ccc(N(c3ccc(-c4ccc5c(c4)Oc4c(ccc6ccccc46)-c4cc(-c6ccccc6)ccc4-5)cc3)c3ccccc3-c3ccccc3)cc2)cc1. The molecule has 10 aromatic rings. The number of ether oxygens (including phenoxy) is 1. The third kappa shape index (κ3) is 6.41. The Hall–Kier alpha value is -7.94. The monoisotopic (exact) mass is 765 g/mol. The van der Waals surface area contributed by atoms with Crippen molar-refractivity contribution in [2.45, 2.75) is 0 Å². The molecule has 2 nitrogen and oxygen atoms in total.